The first kappa shape index (κ1) is 22.7. The van der Waals surface area contributed by atoms with Gasteiger partial charge in [-0.3, -0.25) is 9.59 Å². The van der Waals surface area contributed by atoms with Crippen molar-refractivity contribution in [2.45, 2.75) is 24.1 Å². The molecule has 0 unspecified atom stereocenters. The van der Waals surface area contributed by atoms with Gasteiger partial charge < -0.3 is 10.6 Å². The third-order valence-electron chi connectivity index (χ3n) is 4.56. The highest BCUT2D eigenvalue weighted by Crippen LogP contribution is 2.27. The molecule has 1 aromatic heterocycles. The molecule has 2 N–H and O–H groups in total. The van der Waals surface area contributed by atoms with Crippen LogP contribution in [0.15, 0.2) is 28.6 Å². The van der Waals surface area contributed by atoms with Crippen molar-refractivity contribution in [1.29, 1.82) is 0 Å². The lowest BCUT2D eigenvalue weighted by molar-refractivity contribution is -0.121. The number of nitrogens with one attached hydrogen (secondary N) is 2. The van der Waals surface area contributed by atoms with Crippen molar-refractivity contribution in [3.63, 3.8) is 0 Å². The van der Waals surface area contributed by atoms with Gasteiger partial charge in [0, 0.05) is 24.7 Å². The Balaban J connectivity index is 1.44. The van der Waals surface area contributed by atoms with Crippen molar-refractivity contribution in [3.05, 3.63) is 29.8 Å². The van der Waals surface area contributed by atoms with Crippen molar-refractivity contribution in [2.75, 3.05) is 35.7 Å². The van der Waals surface area contributed by atoms with E-state index >= 15 is 0 Å². The number of benzene rings is 1. The van der Waals surface area contributed by atoms with E-state index in [1.807, 2.05) is 31.2 Å². The molecule has 2 heterocycles. The number of nitrogens with zero attached hydrogens (tertiary/aromatic N) is 3. The Hall–Kier alpha value is -2.02. The number of aromatic nitrogens is 2. The fourth-order valence-electron chi connectivity index (χ4n) is 3.02. The monoisotopic (exact) mass is 469 g/mol. The number of amides is 2. The lowest BCUT2D eigenvalue weighted by Gasteiger charge is -2.29. The molecule has 1 aromatic carbocycles. The summed E-state index contributed by atoms with van der Waals surface area (Å²) in [6.07, 6.45) is 2.12. The van der Waals surface area contributed by atoms with E-state index in [-0.39, 0.29) is 23.5 Å². The molecular formula is C18H23N5O4S3. The molecule has 0 atom stereocenters. The maximum absolute atomic E-state index is 12.4. The second kappa shape index (κ2) is 9.86. The highest BCUT2D eigenvalue weighted by molar-refractivity contribution is 8.01. The van der Waals surface area contributed by atoms with Gasteiger partial charge in [0.25, 0.3) is 0 Å². The van der Waals surface area contributed by atoms with E-state index < -0.39 is 10.0 Å². The first-order chi connectivity index (χ1) is 14.2. The standard InChI is InChI=1S/C18H23N5O4S3/c1-12-4-3-5-14(10-12)19-15(24)11-28-18-22-21-17(29-18)20-16(25)13-6-8-23(9-7-13)30(2,26)27/h3-5,10,13H,6-9,11H2,1-2H3,(H,19,24)(H,20,21,25). The van der Waals surface area contributed by atoms with Crippen molar-refractivity contribution in [3.8, 4) is 0 Å². The zero-order chi connectivity index (χ0) is 21.7. The molecule has 1 fully saturated rings. The SMILES string of the molecule is Cc1cccc(NC(=O)CSc2nnc(NC(=O)C3CCN(S(C)(=O)=O)CC3)s2)c1. The summed E-state index contributed by atoms with van der Waals surface area (Å²) in [4.78, 5) is 24.5. The Labute approximate surface area is 183 Å². The Bertz CT molecular complexity index is 1020. The largest absolute Gasteiger partial charge is 0.325 e. The van der Waals surface area contributed by atoms with Crippen LogP contribution in [-0.4, -0.2) is 59.8 Å². The van der Waals surface area contributed by atoms with E-state index in [9.17, 15) is 18.0 Å². The molecule has 162 valence electrons. The van der Waals surface area contributed by atoms with Gasteiger partial charge in [-0.2, -0.15) is 0 Å². The van der Waals surface area contributed by atoms with Gasteiger partial charge in [0.15, 0.2) is 4.34 Å². The van der Waals surface area contributed by atoms with Gasteiger partial charge in [-0.05, 0) is 37.5 Å². The summed E-state index contributed by atoms with van der Waals surface area (Å²) in [5.74, 6) is -0.416. The molecule has 0 saturated carbocycles. The average molecular weight is 470 g/mol. The number of carbonyl (C=O) groups excluding carboxylic acids is 2. The summed E-state index contributed by atoms with van der Waals surface area (Å²) in [5, 5.41) is 13.9. The molecule has 1 saturated heterocycles. The van der Waals surface area contributed by atoms with Crippen molar-refractivity contribution < 1.29 is 18.0 Å². The predicted molar refractivity (Wildman–Crippen MR) is 118 cm³/mol. The number of hydrogen-bond donors (Lipinski definition) is 2. The molecular weight excluding hydrogens is 446 g/mol. The van der Waals surface area contributed by atoms with Gasteiger partial charge in [0.1, 0.15) is 0 Å². The quantitative estimate of drug-likeness (QED) is 0.471. The summed E-state index contributed by atoms with van der Waals surface area (Å²) < 4.78 is 25.1. The van der Waals surface area contributed by atoms with Crippen LogP contribution >= 0.6 is 23.1 Å². The molecule has 0 spiro atoms. The summed E-state index contributed by atoms with van der Waals surface area (Å²) in [7, 11) is -3.22. The third-order valence-corrected chi connectivity index (χ3v) is 7.83. The van der Waals surface area contributed by atoms with Crippen LogP contribution in [0.4, 0.5) is 10.8 Å². The van der Waals surface area contributed by atoms with Gasteiger partial charge >= 0.3 is 0 Å². The minimum absolute atomic E-state index is 0.149. The Morgan fingerprint density at radius 3 is 2.63 bits per heavy atom. The van der Waals surface area contributed by atoms with E-state index in [0.29, 0.717) is 35.4 Å². The fraction of sp³-hybridized carbons (Fsp3) is 0.444. The minimum Gasteiger partial charge on any atom is -0.325 e. The van der Waals surface area contributed by atoms with Gasteiger partial charge in [0.2, 0.25) is 27.0 Å². The first-order valence-corrected chi connectivity index (χ1v) is 12.9. The van der Waals surface area contributed by atoms with Crippen molar-refractivity contribution >= 4 is 55.8 Å². The van der Waals surface area contributed by atoms with E-state index in [1.54, 1.807) is 0 Å². The van der Waals surface area contributed by atoms with E-state index in [2.05, 4.69) is 20.8 Å². The number of carbonyl (C=O) groups is 2. The number of aryl methyl sites for hydroxylation is 1. The number of sulfonamides is 1. The summed E-state index contributed by atoms with van der Waals surface area (Å²) >= 11 is 2.45. The highest BCUT2D eigenvalue weighted by atomic mass is 32.2. The molecule has 0 bridgehead atoms. The average Bonchev–Trinajstić information content (AvgIpc) is 3.13. The molecule has 3 rings (SSSR count). The summed E-state index contributed by atoms with van der Waals surface area (Å²) in [6, 6.07) is 7.55. The number of hydrogen-bond acceptors (Lipinski definition) is 8. The van der Waals surface area contributed by atoms with Crippen LogP contribution in [0, 0.1) is 12.8 Å². The van der Waals surface area contributed by atoms with Crippen LogP contribution in [0.5, 0.6) is 0 Å². The fourth-order valence-corrected chi connectivity index (χ4v) is 5.45. The smallest absolute Gasteiger partial charge is 0.234 e. The summed E-state index contributed by atoms with van der Waals surface area (Å²) in [6.45, 7) is 2.63. The zero-order valence-corrected chi connectivity index (χ0v) is 19.1. The number of thioether (sulfide) groups is 1. The van der Waals surface area contributed by atoms with Gasteiger partial charge in [0.05, 0.1) is 12.0 Å². The van der Waals surface area contributed by atoms with Crippen LogP contribution in [0.2, 0.25) is 0 Å². The molecule has 0 aliphatic carbocycles. The second-order valence-corrected chi connectivity index (χ2v) is 11.2. The maximum Gasteiger partial charge on any atom is 0.234 e. The minimum atomic E-state index is -3.22. The molecule has 2 amide bonds. The third kappa shape index (κ3) is 6.49. The maximum atomic E-state index is 12.4. The van der Waals surface area contributed by atoms with Crippen LogP contribution in [0.25, 0.3) is 0 Å². The molecule has 0 radical (unpaired) electrons. The number of rotatable bonds is 7. The second-order valence-electron chi connectivity index (χ2n) is 7.01. The van der Waals surface area contributed by atoms with Crippen molar-refractivity contribution in [1.82, 2.24) is 14.5 Å². The molecule has 12 heteroatoms. The Morgan fingerprint density at radius 2 is 1.97 bits per heavy atom. The van der Waals surface area contributed by atoms with Crippen LogP contribution in [-0.2, 0) is 19.6 Å². The van der Waals surface area contributed by atoms with Crippen molar-refractivity contribution in [2.24, 2.45) is 5.92 Å². The Kier molecular flexibility index (Phi) is 7.45. The van der Waals surface area contributed by atoms with E-state index in [1.165, 1.54) is 33.7 Å². The molecule has 30 heavy (non-hydrogen) atoms. The lowest BCUT2D eigenvalue weighted by Crippen LogP contribution is -2.40. The van der Waals surface area contributed by atoms with E-state index in [4.69, 9.17) is 0 Å². The lowest BCUT2D eigenvalue weighted by atomic mass is 9.97. The Morgan fingerprint density at radius 1 is 1.23 bits per heavy atom. The van der Waals surface area contributed by atoms with Gasteiger partial charge in [-0.25, -0.2) is 12.7 Å². The normalized spacial score (nSPS) is 15.7. The number of anilines is 2. The van der Waals surface area contributed by atoms with Gasteiger partial charge in [-0.15, -0.1) is 10.2 Å². The van der Waals surface area contributed by atoms with Crippen LogP contribution < -0.4 is 10.6 Å². The molecule has 1 aliphatic heterocycles. The number of piperidine rings is 1. The van der Waals surface area contributed by atoms with E-state index in [0.717, 1.165) is 11.3 Å². The topological polar surface area (TPSA) is 121 Å². The van der Waals surface area contributed by atoms with Crippen LogP contribution in [0.1, 0.15) is 18.4 Å². The zero-order valence-electron chi connectivity index (χ0n) is 16.6. The predicted octanol–water partition coefficient (Wildman–Crippen LogP) is 2.19. The summed E-state index contributed by atoms with van der Waals surface area (Å²) in [5.41, 5.74) is 1.81. The molecule has 1 aliphatic rings. The molecule has 2 aromatic rings. The first-order valence-electron chi connectivity index (χ1n) is 9.29. The van der Waals surface area contributed by atoms with Crippen LogP contribution in [0.3, 0.4) is 0 Å². The molecule has 9 nitrogen and oxygen atoms in total. The van der Waals surface area contributed by atoms with Gasteiger partial charge in [-0.1, -0.05) is 35.2 Å². The highest BCUT2D eigenvalue weighted by Gasteiger charge is 2.29.